The molecule has 2 aliphatic rings. The quantitative estimate of drug-likeness (QED) is 0.534. The van der Waals surface area contributed by atoms with Crippen LogP contribution < -0.4 is 5.32 Å². The monoisotopic (exact) mass is 525 g/mol. The minimum absolute atomic E-state index is 0.0315. The summed E-state index contributed by atoms with van der Waals surface area (Å²) in [6.07, 6.45) is 9.48. The van der Waals surface area contributed by atoms with Crippen LogP contribution >= 0.6 is 0 Å². The first-order valence-electron chi connectivity index (χ1n) is 12.7. The predicted molar refractivity (Wildman–Crippen MR) is 139 cm³/mol. The Morgan fingerprint density at radius 3 is 2.68 bits per heavy atom. The Labute approximate surface area is 222 Å². The maximum absolute atomic E-state index is 13.1. The Kier molecular flexibility index (Phi) is 9.95. The van der Waals surface area contributed by atoms with Gasteiger partial charge >= 0.3 is 5.97 Å². The highest BCUT2D eigenvalue weighted by Gasteiger charge is 2.33. The first-order valence-corrected chi connectivity index (χ1v) is 12.7. The summed E-state index contributed by atoms with van der Waals surface area (Å²) in [7, 11) is 0. The Morgan fingerprint density at radius 2 is 1.95 bits per heavy atom. The van der Waals surface area contributed by atoms with E-state index in [-0.39, 0.29) is 66.7 Å². The van der Waals surface area contributed by atoms with Gasteiger partial charge in [-0.2, -0.15) is 0 Å². The molecular weight excluding hydrogens is 490 g/mol. The average molecular weight is 526 g/mol. The number of Topliss-reactive ketones (excluding diaryl/α,β-unsaturated/α-hetero) is 1. The molecule has 2 N–H and O–H groups in total. The number of rotatable bonds is 1. The smallest absolute Gasteiger partial charge is 0.355 e. The van der Waals surface area contributed by atoms with Gasteiger partial charge in [-0.1, -0.05) is 56.7 Å². The lowest BCUT2D eigenvalue weighted by atomic mass is 9.94. The minimum Gasteiger partial charge on any atom is -0.457 e. The summed E-state index contributed by atoms with van der Waals surface area (Å²) in [6.45, 7) is 8.00. The molecule has 0 radical (unpaired) electrons. The lowest BCUT2D eigenvalue weighted by Crippen LogP contribution is -2.36. The second kappa shape index (κ2) is 13.1. The van der Waals surface area contributed by atoms with Crippen molar-refractivity contribution in [1.82, 2.24) is 15.2 Å². The van der Waals surface area contributed by atoms with E-state index in [4.69, 9.17) is 9.15 Å². The van der Waals surface area contributed by atoms with E-state index >= 15 is 0 Å². The molecule has 0 saturated heterocycles. The van der Waals surface area contributed by atoms with Crippen LogP contribution in [-0.4, -0.2) is 63.9 Å². The van der Waals surface area contributed by atoms with E-state index in [1.807, 2.05) is 20.8 Å². The van der Waals surface area contributed by atoms with Gasteiger partial charge in [0.2, 0.25) is 11.8 Å². The van der Waals surface area contributed by atoms with Gasteiger partial charge in [0, 0.05) is 25.4 Å². The van der Waals surface area contributed by atoms with Crippen molar-refractivity contribution in [2.75, 3.05) is 13.1 Å². The van der Waals surface area contributed by atoms with Gasteiger partial charge in [-0.15, -0.1) is 0 Å². The number of hydrogen-bond donors (Lipinski definition) is 2. The first-order chi connectivity index (χ1) is 18.0. The highest BCUT2D eigenvalue weighted by Crippen LogP contribution is 2.24. The molecular formula is C28H35N3O7. The standard InChI is InChI=1S/C28H35N3O7/c1-17(2)26-19(4)9-10-24(34)29-11-5-7-18(3)13-20(32)14-21(33)15-25-30-22(16-37-25)27(35)31-12-6-8-23(31)28(36)38-26/h5,7-10,13,16-17,19-20,26,32H,6,11-12,14-15H2,1-4H3,(H,29,34)/b7-5-,10-9-,18-13-/t19-,20+,26-/m0/s1. The highest BCUT2D eigenvalue weighted by atomic mass is 16.5. The second-order valence-corrected chi connectivity index (χ2v) is 9.84. The number of aliphatic hydroxyl groups excluding tert-OH is 1. The van der Waals surface area contributed by atoms with Crippen LogP contribution in [0.15, 0.2) is 58.4 Å². The fourth-order valence-corrected chi connectivity index (χ4v) is 4.33. The minimum atomic E-state index is -1.01. The summed E-state index contributed by atoms with van der Waals surface area (Å²) in [5, 5.41) is 13.0. The van der Waals surface area contributed by atoms with Gasteiger partial charge < -0.3 is 24.5 Å². The Morgan fingerprint density at radius 1 is 1.18 bits per heavy atom. The van der Waals surface area contributed by atoms with Crippen LogP contribution in [0, 0.1) is 11.8 Å². The van der Waals surface area contributed by atoms with Gasteiger partial charge in [0.25, 0.3) is 5.91 Å². The fraction of sp³-hybridized carbons (Fsp3) is 0.464. The van der Waals surface area contributed by atoms with Crippen LogP contribution in [0.4, 0.5) is 0 Å². The number of ketones is 1. The van der Waals surface area contributed by atoms with E-state index in [1.54, 1.807) is 37.3 Å². The van der Waals surface area contributed by atoms with Crippen molar-refractivity contribution < 1.29 is 33.4 Å². The molecule has 0 aromatic carbocycles. The molecule has 10 heteroatoms. The molecule has 0 fully saturated rings. The third-order valence-corrected chi connectivity index (χ3v) is 6.19. The number of aromatic nitrogens is 1. The molecule has 2 aliphatic heterocycles. The molecule has 0 saturated carbocycles. The van der Waals surface area contributed by atoms with E-state index in [0.29, 0.717) is 6.42 Å². The maximum Gasteiger partial charge on any atom is 0.355 e. The number of aliphatic hydroxyl groups is 1. The van der Waals surface area contributed by atoms with E-state index < -0.39 is 24.1 Å². The van der Waals surface area contributed by atoms with Crippen molar-refractivity contribution in [3.05, 3.63) is 65.6 Å². The summed E-state index contributed by atoms with van der Waals surface area (Å²) in [6, 6.07) is 0. The van der Waals surface area contributed by atoms with Gasteiger partial charge in [-0.05, 0) is 25.3 Å². The normalized spacial score (nSPS) is 27.6. The Bertz CT molecular complexity index is 1170. The number of amides is 2. The summed E-state index contributed by atoms with van der Waals surface area (Å²) < 4.78 is 11.1. The van der Waals surface area contributed by atoms with Crippen molar-refractivity contribution >= 4 is 23.6 Å². The molecule has 3 rings (SSSR count). The van der Waals surface area contributed by atoms with E-state index in [2.05, 4.69) is 10.3 Å². The zero-order chi connectivity index (χ0) is 27.8. The maximum atomic E-state index is 13.1. The molecule has 3 atom stereocenters. The SMILES string of the molecule is CC1=C/[C@@H](O)CC(=O)Cc2nc(co2)C(=O)N2CCC=C2C(=O)O[C@@H](C(C)C)[C@@H](C)/C=C\C(=O)NC/C=C\1. The zero-order valence-electron chi connectivity index (χ0n) is 22.2. The Hall–Kier alpha value is -3.79. The second-order valence-electron chi connectivity index (χ2n) is 9.84. The predicted octanol–water partition coefficient (Wildman–Crippen LogP) is 2.66. The fourth-order valence-electron chi connectivity index (χ4n) is 4.33. The van der Waals surface area contributed by atoms with Gasteiger partial charge in [0.1, 0.15) is 23.8 Å². The average Bonchev–Trinajstić information content (AvgIpc) is 3.52. The zero-order valence-corrected chi connectivity index (χ0v) is 22.2. The van der Waals surface area contributed by atoms with Crippen LogP contribution in [0.3, 0.4) is 0 Å². The number of carbonyl (C=O) groups excluding carboxylic acids is 4. The lowest BCUT2D eigenvalue weighted by Gasteiger charge is -2.27. The number of allylic oxidation sites excluding steroid dienone is 2. The summed E-state index contributed by atoms with van der Waals surface area (Å²) in [5.74, 6) is -2.07. The van der Waals surface area contributed by atoms with Crippen LogP contribution in [0.1, 0.15) is 56.9 Å². The van der Waals surface area contributed by atoms with Crippen LogP contribution in [0.2, 0.25) is 0 Å². The third kappa shape index (κ3) is 7.85. The van der Waals surface area contributed by atoms with Gasteiger partial charge in [-0.25, -0.2) is 9.78 Å². The first kappa shape index (κ1) is 28.8. The molecule has 0 unspecified atom stereocenters. The number of ether oxygens (including phenoxy) is 1. The summed E-state index contributed by atoms with van der Waals surface area (Å²) >= 11 is 0. The van der Waals surface area contributed by atoms with Gasteiger partial charge in [0.15, 0.2) is 5.69 Å². The number of carbonyl (C=O) groups is 4. The molecule has 2 amide bonds. The number of hydrogen-bond acceptors (Lipinski definition) is 8. The van der Waals surface area contributed by atoms with Crippen molar-refractivity contribution in [3.63, 3.8) is 0 Å². The number of oxazole rings is 1. The van der Waals surface area contributed by atoms with Gasteiger partial charge in [-0.3, -0.25) is 14.4 Å². The van der Waals surface area contributed by atoms with Crippen molar-refractivity contribution in [2.45, 2.75) is 59.2 Å². The number of cyclic esters (lactones) is 1. The van der Waals surface area contributed by atoms with Crippen molar-refractivity contribution in [3.8, 4) is 0 Å². The van der Waals surface area contributed by atoms with Crippen molar-refractivity contribution in [2.24, 2.45) is 11.8 Å². The number of esters is 1. The van der Waals surface area contributed by atoms with Gasteiger partial charge in [0.05, 0.1) is 12.5 Å². The number of nitrogens with one attached hydrogen (secondary N) is 1. The number of fused-ring (bicyclic) bond motifs is 3. The van der Waals surface area contributed by atoms with Crippen LogP contribution in [0.5, 0.6) is 0 Å². The van der Waals surface area contributed by atoms with E-state index in [0.717, 1.165) is 11.8 Å². The molecule has 0 aliphatic carbocycles. The molecule has 1 aromatic rings. The third-order valence-electron chi connectivity index (χ3n) is 6.19. The molecule has 1 aromatic heterocycles. The topological polar surface area (TPSA) is 139 Å². The van der Waals surface area contributed by atoms with E-state index in [1.165, 1.54) is 11.0 Å². The van der Waals surface area contributed by atoms with Crippen molar-refractivity contribution in [1.29, 1.82) is 0 Å². The molecule has 38 heavy (non-hydrogen) atoms. The van der Waals surface area contributed by atoms with E-state index in [9.17, 15) is 24.3 Å². The van der Waals surface area contributed by atoms with Crippen LogP contribution in [0.25, 0.3) is 0 Å². The molecule has 2 bridgehead atoms. The molecule has 0 spiro atoms. The molecule has 3 heterocycles. The Balaban J connectivity index is 1.86. The lowest BCUT2D eigenvalue weighted by molar-refractivity contribution is -0.149. The molecule has 10 nitrogen and oxygen atoms in total. The van der Waals surface area contributed by atoms with Crippen LogP contribution in [-0.2, 0) is 25.5 Å². The molecule has 204 valence electrons. The summed E-state index contributed by atoms with van der Waals surface area (Å²) in [4.78, 5) is 56.3. The summed E-state index contributed by atoms with van der Waals surface area (Å²) in [5.41, 5.74) is 0.809. The largest absolute Gasteiger partial charge is 0.457 e. The highest BCUT2D eigenvalue weighted by molar-refractivity contribution is 6.00. The number of nitrogens with zero attached hydrogens (tertiary/aromatic N) is 2.